The summed E-state index contributed by atoms with van der Waals surface area (Å²) in [7, 11) is 0. The molecule has 1 saturated carbocycles. The molecule has 0 bridgehead atoms. The summed E-state index contributed by atoms with van der Waals surface area (Å²) in [6, 6.07) is 2.19. The number of rotatable bonds is 2. The van der Waals surface area contributed by atoms with Crippen molar-refractivity contribution in [2.75, 3.05) is 6.61 Å². The van der Waals surface area contributed by atoms with Crippen molar-refractivity contribution in [3.63, 3.8) is 0 Å². The smallest absolute Gasteiger partial charge is 0.176 e. The molecule has 1 unspecified atom stereocenters. The van der Waals surface area contributed by atoms with Crippen molar-refractivity contribution in [3.05, 3.63) is 21.4 Å². The molecule has 2 nitrogen and oxygen atoms in total. The highest BCUT2D eigenvalue weighted by Crippen LogP contribution is 2.43. The standard InChI is InChI=1S/C17H22O2S/c18-16(15-10-12-4-3-5-14(12)20-15)13-6-9-19-17(11-13)7-1-2-8-17/h10,13H,1-9,11H2. The molecular formula is C17H22O2S. The van der Waals surface area contributed by atoms with Gasteiger partial charge in [0.1, 0.15) is 0 Å². The number of carbonyl (C=O) groups excluding carboxylic acids is 1. The number of carbonyl (C=O) groups is 1. The summed E-state index contributed by atoms with van der Waals surface area (Å²) in [4.78, 5) is 15.3. The largest absolute Gasteiger partial charge is 0.375 e. The second-order valence-corrected chi connectivity index (χ2v) is 7.84. The molecular weight excluding hydrogens is 268 g/mol. The van der Waals surface area contributed by atoms with E-state index in [1.165, 1.54) is 42.5 Å². The van der Waals surface area contributed by atoms with Gasteiger partial charge in [-0.05, 0) is 56.6 Å². The molecule has 2 aliphatic carbocycles. The minimum Gasteiger partial charge on any atom is -0.375 e. The van der Waals surface area contributed by atoms with Crippen LogP contribution in [-0.4, -0.2) is 18.0 Å². The van der Waals surface area contributed by atoms with E-state index in [-0.39, 0.29) is 11.5 Å². The van der Waals surface area contributed by atoms with Crippen LogP contribution in [0.1, 0.15) is 65.1 Å². The Morgan fingerprint density at radius 2 is 2.10 bits per heavy atom. The normalized spacial score (nSPS) is 27.9. The number of hydrogen-bond donors (Lipinski definition) is 0. The quantitative estimate of drug-likeness (QED) is 0.765. The fourth-order valence-corrected chi connectivity index (χ4v) is 5.54. The predicted octanol–water partition coefficient (Wildman–Crippen LogP) is 4.16. The molecule has 108 valence electrons. The average Bonchev–Trinajstić information content (AvgIpc) is 3.13. The third-order valence-corrected chi connectivity index (χ3v) is 6.62. The number of hydrogen-bond acceptors (Lipinski definition) is 3. The molecule has 3 aliphatic rings. The summed E-state index contributed by atoms with van der Waals surface area (Å²) >= 11 is 1.76. The summed E-state index contributed by atoms with van der Waals surface area (Å²) in [6.07, 6.45) is 10.4. The van der Waals surface area contributed by atoms with Gasteiger partial charge >= 0.3 is 0 Å². The van der Waals surface area contributed by atoms with Gasteiger partial charge in [0.25, 0.3) is 0 Å². The Balaban J connectivity index is 1.52. The van der Waals surface area contributed by atoms with Crippen LogP contribution in [0.3, 0.4) is 0 Å². The molecule has 2 fully saturated rings. The van der Waals surface area contributed by atoms with Crippen molar-refractivity contribution >= 4 is 17.1 Å². The van der Waals surface area contributed by atoms with Gasteiger partial charge in [-0.25, -0.2) is 0 Å². The Morgan fingerprint density at radius 3 is 2.90 bits per heavy atom. The number of thiophene rings is 1. The highest BCUT2D eigenvalue weighted by Gasteiger charge is 2.42. The Kier molecular flexibility index (Phi) is 3.23. The van der Waals surface area contributed by atoms with E-state index in [0.29, 0.717) is 5.78 Å². The lowest BCUT2D eigenvalue weighted by atomic mass is 9.82. The molecule has 1 atom stereocenters. The van der Waals surface area contributed by atoms with Gasteiger partial charge in [-0.2, -0.15) is 0 Å². The number of Topliss-reactive ketones (excluding diaryl/α,β-unsaturated/α-hetero) is 1. The van der Waals surface area contributed by atoms with Crippen LogP contribution < -0.4 is 0 Å². The topological polar surface area (TPSA) is 26.3 Å². The second-order valence-electron chi connectivity index (χ2n) is 6.71. The van der Waals surface area contributed by atoms with Crippen molar-refractivity contribution in [1.82, 2.24) is 0 Å². The van der Waals surface area contributed by atoms with Crippen molar-refractivity contribution in [2.24, 2.45) is 5.92 Å². The molecule has 1 aromatic rings. The minimum atomic E-state index is 0.0541. The van der Waals surface area contributed by atoms with Crippen LogP contribution in [0.15, 0.2) is 6.07 Å². The molecule has 0 N–H and O–H groups in total. The van der Waals surface area contributed by atoms with Gasteiger partial charge in [0.15, 0.2) is 5.78 Å². The molecule has 1 spiro atoms. The summed E-state index contributed by atoms with van der Waals surface area (Å²) in [5.74, 6) is 0.611. The van der Waals surface area contributed by atoms with Crippen LogP contribution in [0.2, 0.25) is 0 Å². The molecule has 4 rings (SSSR count). The van der Waals surface area contributed by atoms with E-state index in [4.69, 9.17) is 4.74 Å². The van der Waals surface area contributed by atoms with Gasteiger partial charge < -0.3 is 4.74 Å². The molecule has 0 radical (unpaired) electrons. The Labute approximate surface area is 124 Å². The van der Waals surface area contributed by atoms with E-state index in [2.05, 4.69) is 6.07 Å². The minimum absolute atomic E-state index is 0.0541. The molecule has 0 aromatic carbocycles. The van der Waals surface area contributed by atoms with Crippen LogP contribution in [-0.2, 0) is 17.6 Å². The van der Waals surface area contributed by atoms with E-state index in [0.717, 1.165) is 37.2 Å². The predicted molar refractivity (Wildman–Crippen MR) is 80.5 cm³/mol. The van der Waals surface area contributed by atoms with Crippen LogP contribution >= 0.6 is 11.3 Å². The van der Waals surface area contributed by atoms with E-state index >= 15 is 0 Å². The zero-order valence-electron chi connectivity index (χ0n) is 12.0. The molecule has 20 heavy (non-hydrogen) atoms. The number of fused-ring (bicyclic) bond motifs is 1. The summed E-state index contributed by atoms with van der Waals surface area (Å²) in [5.41, 5.74) is 1.50. The van der Waals surface area contributed by atoms with Crippen molar-refractivity contribution in [3.8, 4) is 0 Å². The maximum Gasteiger partial charge on any atom is 0.176 e. The lowest BCUT2D eigenvalue weighted by Crippen LogP contribution is -2.39. The van der Waals surface area contributed by atoms with Gasteiger partial charge in [-0.1, -0.05) is 12.8 Å². The van der Waals surface area contributed by atoms with E-state index in [9.17, 15) is 4.79 Å². The van der Waals surface area contributed by atoms with Gasteiger partial charge in [-0.3, -0.25) is 4.79 Å². The average molecular weight is 290 g/mol. The van der Waals surface area contributed by atoms with Crippen molar-refractivity contribution in [2.45, 2.75) is 63.4 Å². The van der Waals surface area contributed by atoms with E-state index in [1.54, 1.807) is 11.3 Å². The first-order valence-electron chi connectivity index (χ1n) is 8.06. The summed E-state index contributed by atoms with van der Waals surface area (Å²) in [6.45, 7) is 0.779. The maximum atomic E-state index is 12.8. The summed E-state index contributed by atoms with van der Waals surface area (Å²) < 4.78 is 6.06. The number of ether oxygens (including phenoxy) is 1. The van der Waals surface area contributed by atoms with E-state index in [1.807, 2.05) is 0 Å². The number of aryl methyl sites for hydroxylation is 2. The van der Waals surface area contributed by atoms with Crippen LogP contribution in [0, 0.1) is 5.92 Å². The zero-order valence-corrected chi connectivity index (χ0v) is 12.8. The Bertz CT molecular complexity index is 504. The van der Waals surface area contributed by atoms with Crippen LogP contribution in [0.25, 0.3) is 0 Å². The third-order valence-electron chi connectivity index (χ3n) is 5.37. The first-order valence-corrected chi connectivity index (χ1v) is 8.87. The first-order chi connectivity index (χ1) is 9.76. The lowest BCUT2D eigenvalue weighted by molar-refractivity contribution is -0.0865. The highest BCUT2D eigenvalue weighted by molar-refractivity contribution is 7.14. The van der Waals surface area contributed by atoms with Gasteiger partial charge in [0.05, 0.1) is 10.5 Å². The fourth-order valence-electron chi connectivity index (χ4n) is 4.27. The molecule has 0 amide bonds. The highest BCUT2D eigenvalue weighted by atomic mass is 32.1. The lowest BCUT2D eigenvalue weighted by Gasteiger charge is -2.37. The molecule has 2 heterocycles. The van der Waals surface area contributed by atoms with E-state index < -0.39 is 0 Å². The monoisotopic (exact) mass is 290 g/mol. The fraction of sp³-hybridized carbons (Fsp3) is 0.706. The Hall–Kier alpha value is -0.670. The Morgan fingerprint density at radius 1 is 1.25 bits per heavy atom. The van der Waals surface area contributed by atoms with Gasteiger partial charge in [-0.15, -0.1) is 11.3 Å². The van der Waals surface area contributed by atoms with Crippen LogP contribution in [0.5, 0.6) is 0 Å². The first kappa shape index (κ1) is 13.0. The molecule has 1 aliphatic heterocycles. The van der Waals surface area contributed by atoms with Crippen molar-refractivity contribution in [1.29, 1.82) is 0 Å². The maximum absolute atomic E-state index is 12.8. The van der Waals surface area contributed by atoms with Gasteiger partial charge in [0.2, 0.25) is 0 Å². The third kappa shape index (κ3) is 2.15. The zero-order chi connectivity index (χ0) is 13.6. The van der Waals surface area contributed by atoms with Crippen molar-refractivity contribution < 1.29 is 9.53 Å². The molecule has 1 aromatic heterocycles. The van der Waals surface area contributed by atoms with Crippen LogP contribution in [0.4, 0.5) is 0 Å². The number of ketones is 1. The SMILES string of the molecule is O=C(c1cc2c(s1)CCC2)C1CCOC2(CCCC2)C1. The molecule has 3 heteroatoms. The summed E-state index contributed by atoms with van der Waals surface area (Å²) in [5, 5.41) is 0. The molecule has 1 saturated heterocycles. The second kappa shape index (κ2) is 4.96. The van der Waals surface area contributed by atoms with Gasteiger partial charge in [0, 0.05) is 17.4 Å².